The number of ketones is 1. The zero-order valence-corrected chi connectivity index (χ0v) is 24.2. The Morgan fingerprint density at radius 3 is 2.35 bits per heavy atom. The van der Waals surface area contributed by atoms with Crippen molar-refractivity contribution >= 4 is 40.0 Å². The Balaban J connectivity index is 1.15. The maximum Gasteiger partial charge on any atom is 0.344 e. The molecule has 1 aliphatic heterocycles. The van der Waals surface area contributed by atoms with Crippen molar-refractivity contribution in [2.45, 2.75) is 13.3 Å². The van der Waals surface area contributed by atoms with Gasteiger partial charge in [-0.3, -0.25) is 9.59 Å². The third-order valence-corrected chi connectivity index (χ3v) is 7.61. The van der Waals surface area contributed by atoms with Gasteiger partial charge in [-0.15, -0.1) is 11.3 Å². The number of aryl methyl sites for hydroxylation is 1. The van der Waals surface area contributed by atoms with E-state index in [2.05, 4.69) is 5.32 Å². The molecule has 1 amide bonds. The van der Waals surface area contributed by atoms with Gasteiger partial charge in [0.1, 0.15) is 10.8 Å². The van der Waals surface area contributed by atoms with Gasteiger partial charge in [-0.1, -0.05) is 36.4 Å². The number of amides is 1. The molecule has 0 aliphatic carbocycles. The van der Waals surface area contributed by atoms with Gasteiger partial charge >= 0.3 is 11.9 Å². The molecular weight excluding hydrogens is 574 g/mol. The number of hydrogen-bond donors (Lipinski definition) is 1. The van der Waals surface area contributed by atoms with Crippen molar-refractivity contribution in [3.8, 4) is 17.2 Å². The number of carbonyl (C=O) groups excluding carboxylic acids is 4. The number of fused-ring (bicyclic) bond motifs is 1. The number of thiophene rings is 1. The van der Waals surface area contributed by atoms with Gasteiger partial charge in [0.25, 0.3) is 5.91 Å². The Hall–Kier alpha value is -5.16. The maximum atomic E-state index is 12.7. The first kappa shape index (κ1) is 29.3. The predicted molar refractivity (Wildman–Crippen MR) is 157 cm³/mol. The summed E-state index contributed by atoms with van der Waals surface area (Å²) in [4.78, 5) is 50.9. The number of hydrogen-bond acceptors (Lipinski definition) is 10. The van der Waals surface area contributed by atoms with Crippen molar-refractivity contribution in [2.75, 3.05) is 32.4 Å². The number of ether oxygens (including phenoxy) is 5. The summed E-state index contributed by atoms with van der Waals surface area (Å²) < 4.78 is 26.3. The number of methoxy groups -OCH3 is 1. The molecule has 0 unspecified atom stereocenters. The van der Waals surface area contributed by atoms with Crippen LogP contribution >= 0.6 is 11.3 Å². The lowest BCUT2D eigenvalue weighted by molar-refractivity contribution is -0.149. The minimum absolute atomic E-state index is 0.131. The molecule has 5 rings (SSSR count). The van der Waals surface area contributed by atoms with Crippen LogP contribution < -0.4 is 19.5 Å². The molecule has 43 heavy (non-hydrogen) atoms. The van der Waals surface area contributed by atoms with Crippen LogP contribution in [-0.2, 0) is 25.5 Å². The summed E-state index contributed by atoms with van der Waals surface area (Å²) >= 11 is 1.22. The molecule has 11 heteroatoms. The Kier molecular flexibility index (Phi) is 9.02. The van der Waals surface area contributed by atoms with E-state index in [1.807, 2.05) is 25.1 Å². The van der Waals surface area contributed by atoms with Crippen molar-refractivity contribution in [3.05, 3.63) is 105 Å². The third kappa shape index (κ3) is 7.02. The van der Waals surface area contributed by atoms with Crippen LogP contribution in [0.5, 0.6) is 17.2 Å². The van der Waals surface area contributed by atoms with Gasteiger partial charge < -0.3 is 29.0 Å². The van der Waals surface area contributed by atoms with Gasteiger partial charge in [0, 0.05) is 16.0 Å². The lowest BCUT2D eigenvalue weighted by atomic mass is 10.0. The maximum absolute atomic E-state index is 12.7. The van der Waals surface area contributed by atoms with E-state index >= 15 is 0 Å². The number of esters is 2. The van der Waals surface area contributed by atoms with Crippen LogP contribution in [0.4, 0.5) is 5.00 Å². The molecule has 0 radical (unpaired) electrons. The van der Waals surface area contributed by atoms with E-state index in [-0.39, 0.29) is 18.1 Å². The van der Waals surface area contributed by atoms with E-state index in [1.54, 1.807) is 54.6 Å². The molecular formula is C32H27NO9S. The predicted octanol–water partition coefficient (Wildman–Crippen LogP) is 4.95. The first-order valence-corrected chi connectivity index (χ1v) is 14.0. The third-order valence-electron chi connectivity index (χ3n) is 6.54. The van der Waals surface area contributed by atoms with Crippen LogP contribution in [0, 0.1) is 6.92 Å². The Morgan fingerprint density at radius 2 is 1.60 bits per heavy atom. The zero-order chi connectivity index (χ0) is 30.3. The molecule has 1 aliphatic rings. The number of nitrogens with one attached hydrogen (secondary N) is 1. The fourth-order valence-corrected chi connectivity index (χ4v) is 5.48. The smallest absolute Gasteiger partial charge is 0.344 e. The molecule has 0 spiro atoms. The number of rotatable bonds is 11. The van der Waals surface area contributed by atoms with Crippen molar-refractivity contribution < 1.29 is 42.9 Å². The second kappa shape index (κ2) is 13.2. The molecule has 1 N–H and O–H groups in total. The fourth-order valence-electron chi connectivity index (χ4n) is 4.40. The van der Waals surface area contributed by atoms with E-state index in [4.69, 9.17) is 23.7 Å². The highest BCUT2D eigenvalue weighted by molar-refractivity contribution is 7.16. The lowest BCUT2D eigenvalue weighted by Crippen LogP contribution is -2.24. The number of anilines is 1. The van der Waals surface area contributed by atoms with Gasteiger partial charge in [-0.25, -0.2) is 9.59 Å². The highest BCUT2D eigenvalue weighted by Gasteiger charge is 2.25. The second-order valence-electron chi connectivity index (χ2n) is 9.41. The largest absolute Gasteiger partial charge is 0.482 e. The molecule has 10 nitrogen and oxygen atoms in total. The highest BCUT2D eigenvalue weighted by Crippen LogP contribution is 2.37. The van der Waals surface area contributed by atoms with Crippen LogP contribution in [0.3, 0.4) is 0 Å². The molecule has 1 aromatic heterocycles. The molecule has 0 fully saturated rings. The molecule has 0 bridgehead atoms. The van der Waals surface area contributed by atoms with Crippen molar-refractivity contribution in [1.82, 2.24) is 0 Å². The average molecular weight is 602 g/mol. The zero-order valence-electron chi connectivity index (χ0n) is 23.3. The summed E-state index contributed by atoms with van der Waals surface area (Å²) in [5.74, 6) is -0.486. The Labute approximate surface area is 251 Å². The normalized spacial score (nSPS) is 11.5. The second-order valence-corrected chi connectivity index (χ2v) is 10.6. The lowest BCUT2D eigenvalue weighted by Gasteiger charge is -2.10. The molecule has 0 atom stereocenters. The molecule has 0 saturated carbocycles. The van der Waals surface area contributed by atoms with Crippen LogP contribution in [0.25, 0.3) is 0 Å². The van der Waals surface area contributed by atoms with Crippen molar-refractivity contribution in [3.63, 3.8) is 0 Å². The summed E-state index contributed by atoms with van der Waals surface area (Å²) in [5, 5.41) is 2.95. The average Bonchev–Trinajstić information content (AvgIpc) is 3.62. The van der Waals surface area contributed by atoms with E-state index in [0.29, 0.717) is 45.4 Å². The van der Waals surface area contributed by atoms with Crippen LogP contribution in [0.2, 0.25) is 0 Å². The minimum Gasteiger partial charge on any atom is -0.482 e. The molecule has 2 heterocycles. The van der Waals surface area contributed by atoms with Crippen LogP contribution in [-0.4, -0.2) is 50.7 Å². The monoisotopic (exact) mass is 601 g/mol. The van der Waals surface area contributed by atoms with Crippen molar-refractivity contribution in [1.29, 1.82) is 0 Å². The molecule has 220 valence electrons. The van der Waals surface area contributed by atoms with Gasteiger partial charge in [0.2, 0.25) is 6.79 Å². The first-order chi connectivity index (χ1) is 20.8. The summed E-state index contributed by atoms with van der Waals surface area (Å²) in [6, 6.07) is 20.8. The number of carbonyl (C=O) groups is 4. The van der Waals surface area contributed by atoms with Gasteiger partial charge in [0.15, 0.2) is 30.5 Å². The van der Waals surface area contributed by atoms with E-state index in [1.165, 1.54) is 18.4 Å². The topological polar surface area (TPSA) is 126 Å². The summed E-state index contributed by atoms with van der Waals surface area (Å²) in [6.07, 6.45) is 0.396. The molecule has 0 saturated heterocycles. The SMILES string of the molecule is COC(=O)c1c(NC(=O)COC(=O)COc2ccc(C(=O)c3ccccc3)cc2)sc(C)c1Cc1ccc2c(c1)OCO2. The van der Waals surface area contributed by atoms with Crippen LogP contribution in [0.1, 0.15) is 42.3 Å². The highest BCUT2D eigenvalue weighted by atomic mass is 32.1. The van der Waals surface area contributed by atoms with Gasteiger partial charge in [0.05, 0.1) is 12.7 Å². The molecule has 3 aromatic carbocycles. The quantitative estimate of drug-likeness (QED) is 0.188. The van der Waals surface area contributed by atoms with Crippen LogP contribution in [0.15, 0.2) is 72.8 Å². The summed E-state index contributed by atoms with van der Waals surface area (Å²) in [7, 11) is 1.27. The summed E-state index contributed by atoms with van der Waals surface area (Å²) in [6.45, 7) is 0.976. The van der Waals surface area contributed by atoms with Gasteiger partial charge in [-0.2, -0.15) is 0 Å². The van der Waals surface area contributed by atoms with Crippen molar-refractivity contribution in [2.24, 2.45) is 0 Å². The fraction of sp³-hybridized carbons (Fsp3) is 0.188. The van der Waals surface area contributed by atoms with E-state index in [9.17, 15) is 19.2 Å². The van der Waals surface area contributed by atoms with Gasteiger partial charge in [-0.05, 0) is 60.9 Å². The Bertz CT molecular complexity index is 1660. The number of benzene rings is 3. The van der Waals surface area contributed by atoms with E-state index in [0.717, 1.165) is 10.4 Å². The summed E-state index contributed by atoms with van der Waals surface area (Å²) in [5.41, 5.74) is 2.87. The first-order valence-electron chi connectivity index (χ1n) is 13.2. The minimum atomic E-state index is -0.765. The molecule has 4 aromatic rings. The Morgan fingerprint density at radius 1 is 0.884 bits per heavy atom. The van der Waals surface area contributed by atoms with E-state index < -0.39 is 31.1 Å². The standard InChI is InChI=1S/C32H27NO9S/c1-19-24(14-20-8-13-25-26(15-20)42-18-41-25)29(32(37)38-2)31(43-19)33-27(34)16-40-28(35)17-39-23-11-9-22(10-12-23)30(36)21-6-4-3-5-7-21/h3-13,15H,14,16-18H2,1-2H3,(H,33,34).